The molecule has 0 saturated carbocycles. The Hall–Kier alpha value is -2.46. The van der Waals surface area contributed by atoms with Gasteiger partial charge >= 0.3 is 6.09 Å². The molecule has 0 heterocycles. The number of carboxylic acid groups (broad SMARTS) is 1. The van der Waals surface area contributed by atoms with Crippen molar-refractivity contribution >= 4 is 16.3 Å². The molecule has 0 spiro atoms. The molecule has 0 aromatic heterocycles. The minimum Gasteiger partial charge on any atom is -0.465 e. The first-order valence-electron chi connectivity index (χ1n) is 11.0. The molecule has 2 aromatic carbocycles. The largest absolute Gasteiger partial charge is 0.465 e. The third kappa shape index (κ3) is 7.82. The molecular weight excluding hydrogens is 442 g/mol. The SMILES string of the molecule is CC(C)CN(C[C@@H](O)C(Cc1ccccc1)N(Cc1ccccc1)C(=O)O)S(=O)(=O)N(C)C. The van der Waals surface area contributed by atoms with Gasteiger partial charge in [-0.05, 0) is 23.5 Å². The lowest BCUT2D eigenvalue weighted by Gasteiger charge is -2.36. The van der Waals surface area contributed by atoms with Crippen LogP contribution in [0.15, 0.2) is 60.7 Å². The molecule has 0 bridgehead atoms. The van der Waals surface area contributed by atoms with E-state index in [0.29, 0.717) is 0 Å². The van der Waals surface area contributed by atoms with Crippen LogP contribution in [0.3, 0.4) is 0 Å². The van der Waals surface area contributed by atoms with Crippen LogP contribution in [0.1, 0.15) is 25.0 Å². The smallest absolute Gasteiger partial charge is 0.407 e. The molecule has 8 nitrogen and oxygen atoms in total. The second kappa shape index (κ2) is 12.1. The van der Waals surface area contributed by atoms with Gasteiger partial charge in [0.15, 0.2) is 0 Å². The molecule has 2 N–H and O–H groups in total. The maximum absolute atomic E-state index is 12.9. The Morgan fingerprint density at radius 1 is 0.909 bits per heavy atom. The van der Waals surface area contributed by atoms with Gasteiger partial charge in [0.1, 0.15) is 0 Å². The Balaban J connectivity index is 2.40. The van der Waals surface area contributed by atoms with Crippen LogP contribution in [0, 0.1) is 5.92 Å². The predicted octanol–water partition coefficient (Wildman–Crippen LogP) is 2.90. The number of carbonyl (C=O) groups is 1. The van der Waals surface area contributed by atoms with Crippen molar-refractivity contribution in [3.05, 3.63) is 71.8 Å². The van der Waals surface area contributed by atoms with Crippen LogP contribution in [0.4, 0.5) is 4.79 Å². The zero-order chi connectivity index (χ0) is 24.6. The molecule has 0 saturated heterocycles. The van der Waals surface area contributed by atoms with Crippen molar-refractivity contribution in [3.63, 3.8) is 0 Å². The zero-order valence-electron chi connectivity index (χ0n) is 19.7. The van der Waals surface area contributed by atoms with Gasteiger partial charge in [-0.1, -0.05) is 74.5 Å². The highest BCUT2D eigenvalue weighted by Gasteiger charge is 2.35. The number of rotatable bonds is 12. The van der Waals surface area contributed by atoms with E-state index in [4.69, 9.17) is 0 Å². The molecule has 0 fully saturated rings. The summed E-state index contributed by atoms with van der Waals surface area (Å²) in [5.41, 5.74) is 1.64. The van der Waals surface area contributed by atoms with Gasteiger partial charge in [0.2, 0.25) is 0 Å². The Bertz CT molecular complexity index is 968. The lowest BCUT2D eigenvalue weighted by molar-refractivity contribution is 0.0331. The van der Waals surface area contributed by atoms with Gasteiger partial charge in [-0.2, -0.15) is 17.0 Å². The summed E-state index contributed by atoms with van der Waals surface area (Å²) in [5, 5.41) is 21.3. The average molecular weight is 478 g/mol. The van der Waals surface area contributed by atoms with E-state index in [2.05, 4.69) is 0 Å². The van der Waals surface area contributed by atoms with Crippen molar-refractivity contribution in [2.24, 2.45) is 5.92 Å². The fourth-order valence-electron chi connectivity index (χ4n) is 3.65. The summed E-state index contributed by atoms with van der Waals surface area (Å²) >= 11 is 0. The highest BCUT2D eigenvalue weighted by molar-refractivity contribution is 7.86. The van der Waals surface area contributed by atoms with Crippen molar-refractivity contribution in [3.8, 4) is 0 Å². The molecule has 33 heavy (non-hydrogen) atoms. The Labute approximate surface area is 197 Å². The van der Waals surface area contributed by atoms with Crippen molar-refractivity contribution in [1.82, 2.24) is 13.5 Å². The van der Waals surface area contributed by atoms with Crippen molar-refractivity contribution in [2.75, 3.05) is 27.2 Å². The second-order valence-corrected chi connectivity index (χ2v) is 10.9. The van der Waals surface area contributed by atoms with Crippen LogP contribution in [0.5, 0.6) is 0 Å². The molecule has 182 valence electrons. The van der Waals surface area contributed by atoms with Crippen molar-refractivity contribution < 1.29 is 23.4 Å². The minimum absolute atomic E-state index is 0.0272. The summed E-state index contributed by atoms with van der Waals surface area (Å²) in [6.07, 6.45) is -2.17. The fourth-order valence-corrected chi connectivity index (χ4v) is 4.94. The van der Waals surface area contributed by atoms with Crippen LogP contribution in [0.25, 0.3) is 0 Å². The summed E-state index contributed by atoms with van der Waals surface area (Å²) in [5.74, 6) is 0.0272. The van der Waals surface area contributed by atoms with E-state index in [1.165, 1.54) is 23.3 Å². The fraction of sp³-hybridized carbons (Fsp3) is 0.458. The van der Waals surface area contributed by atoms with Gasteiger partial charge in [0, 0.05) is 33.7 Å². The molecule has 0 aliphatic rings. The standard InChI is InChI=1S/C24H35N3O5S/c1-19(2)16-26(33(31,32)25(3)4)18-23(28)22(15-20-11-7-5-8-12-20)27(24(29)30)17-21-13-9-6-10-14-21/h5-14,19,22-23,28H,15-18H2,1-4H3,(H,29,30)/t22?,23-/m1/s1. The minimum atomic E-state index is -3.80. The summed E-state index contributed by atoms with van der Waals surface area (Å²) in [4.78, 5) is 13.5. The van der Waals surface area contributed by atoms with Gasteiger partial charge < -0.3 is 10.2 Å². The van der Waals surface area contributed by atoms with Gasteiger partial charge in [-0.25, -0.2) is 4.79 Å². The number of aliphatic hydroxyl groups is 1. The molecule has 0 aliphatic carbocycles. The highest BCUT2D eigenvalue weighted by atomic mass is 32.2. The Morgan fingerprint density at radius 2 is 1.42 bits per heavy atom. The van der Waals surface area contributed by atoms with E-state index in [9.17, 15) is 23.4 Å². The lowest BCUT2D eigenvalue weighted by Crippen LogP contribution is -2.53. The molecule has 2 atom stereocenters. The molecule has 1 amide bonds. The Kier molecular flexibility index (Phi) is 9.85. The number of aliphatic hydroxyl groups excluding tert-OH is 1. The third-order valence-electron chi connectivity index (χ3n) is 5.32. The first kappa shape index (κ1) is 26.8. The maximum Gasteiger partial charge on any atom is 0.407 e. The van der Waals surface area contributed by atoms with E-state index in [0.717, 1.165) is 15.4 Å². The van der Waals surface area contributed by atoms with Crippen molar-refractivity contribution in [2.45, 2.75) is 39.0 Å². The molecular formula is C24H35N3O5S. The summed E-state index contributed by atoms with van der Waals surface area (Å²) in [6, 6.07) is 17.6. The topological polar surface area (TPSA) is 101 Å². The first-order valence-corrected chi connectivity index (χ1v) is 12.3. The van der Waals surface area contributed by atoms with E-state index in [1.807, 2.05) is 74.5 Å². The Morgan fingerprint density at radius 3 is 1.88 bits per heavy atom. The number of amides is 1. The van der Waals surface area contributed by atoms with Crippen LogP contribution in [-0.2, 0) is 23.2 Å². The summed E-state index contributed by atoms with van der Waals surface area (Å²) < 4.78 is 28.1. The second-order valence-electron chi connectivity index (χ2n) is 8.72. The summed E-state index contributed by atoms with van der Waals surface area (Å²) in [6.45, 7) is 3.86. The van der Waals surface area contributed by atoms with E-state index in [-0.39, 0.29) is 32.0 Å². The van der Waals surface area contributed by atoms with E-state index >= 15 is 0 Å². The first-order chi connectivity index (χ1) is 15.5. The average Bonchev–Trinajstić information content (AvgIpc) is 2.76. The number of benzene rings is 2. The van der Waals surface area contributed by atoms with Crippen LogP contribution in [0.2, 0.25) is 0 Å². The van der Waals surface area contributed by atoms with Crippen LogP contribution in [-0.4, -0.2) is 77.6 Å². The maximum atomic E-state index is 12.9. The van der Waals surface area contributed by atoms with Gasteiger partial charge in [0.05, 0.1) is 12.1 Å². The predicted molar refractivity (Wildman–Crippen MR) is 129 cm³/mol. The lowest BCUT2D eigenvalue weighted by atomic mass is 9.98. The van der Waals surface area contributed by atoms with Gasteiger partial charge in [-0.15, -0.1) is 0 Å². The highest BCUT2D eigenvalue weighted by Crippen LogP contribution is 2.19. The van der Waals surface area contributed by atoms with E-state index in [1.54, 1.807) is 0 Å². The molecule has 9 heteroatoms. The molecule has 0 radical (unpaired) electrons. The number of nitrogens with zero attached hydrogens (tertiary/aromatic N) is 3. The van der Waals surface area contributed by atoms with E-state index < -0.39 is 28.4 Å². The third-order valence-corrected chi connectivity index (χ3v) is 7.19. The molecule has 0 aliphatic heterocycles. The zero-order valence-corrected chi connectivity index (χ0v) is 20.5. The summed E-state index contributed by atoms with van der Waals surface area (Å²) in [7, 11) is -0.920. The molecule has 2 aromatic rings. The quantitative estimate of drug-likeness (QED) is 0.490. The van der Waals surface area contributed by atoms with Crippen LogP contribution >= 0.6 is 0 Å². The number of hydrogen-bond donors (Lipinski definition) is 2. The monoisotopic (exact) mass is 477 g/mol. The molecule has 1 unspecified atom stereocenters. The molecule has 2 rings (SSSR count). The van der Waals surface area contributed by atoms with Gasteiger partial charge in [-0.3, -0.25) is 4.90 Å². The normalized spacial score (nSPS) is 13.9. The van der Waals surface area contributed by atoms with Gasteiger partial charge in [0.25, 0.3) is 10.2 Å². The van der Waals surface area contributed by atoms with Crippen LogP contribution < -0.4 is 0 Å². The number of hydrogen-bond acceptors (Lipinski definition) is 4. The van der Waals surface area contributed by atoms with Crippen molar-refractivity contribution in [1.29, 1.82) is 0 Å².